The zero-order valence-corrected chi connectivity index (χ0v) is 12.9. The highest BCUT2D eigenvalue weighted by Crippen LogP contribution is 2.34. The van der Waals surface area contributed by atoms with E-state index in [9.17, 15) is 13.2 Å². The molecule has 0 saturated heterocycles. The lowest BCUT2D eigenvalue weighted by atomic mass is 10.4. The number of carbonyl (C=O) groups excluding carboxylic acids is 1. The van der Waals surface area contributed by atoms with Crippen LogP contribution < -0.4 is 10.0 Å². The molecule has 1 aromatic rings. The first-order chi connectivity index (χ1) is 8.90. The number of halogens is 2. The third kappa shape index (κ3) is 4.06. The van der Waals surface area contributed by atoms with E-state index in [1.54, 1.807) is 0 Å². The summed E-state index contributed by atoms with van der Waals surface area (Å²) in [6.45, 7) is 0.370. The Morgan fingerprint density at radius 2 is 2.05 bits per heavy atom. The Labute approximate surface area is 125 Å². The molecule has 1 saturated carbocycles. The minimum absolute atomic E-state index is 0.0178. The molecule has 0 spiro atoms. The summed E-state index contributed by atoms with van der Waals surface area (Å²) in [5, 5.41) is 2.67. The number of hydrogen-bond acceptors (Lipinski definition) is 4. The van der Waals surface area contributed by atoms with E-state index in [0.29, 0.717) is 4.34 Å². The van der Waals surface area contributed by atoms with Gasteiger partial charge in [-0.15, -0.1) is 11.3 Å². The first-order valence-electron chi connectivity index (χ1n) is 5.62. The van der Waals surface area contributed by atoms with Crippen molar-refractivity contribution < 1.29 is 13.2 Å². The largest absolute Gasteiger partial charge is 0.355 e. The second-order valence-corrected chi connectivity index (χ2v) is 8.17. The molecule has 106 valence electrons. The zero-order valence-electron chi connectivity index (χ0n) is 9.78. The van der Waals surface area contributed by atoms with Crippen molar-refractivity contribution in [3.63, 3.8) is 0 Å². The quantitative estimate of drug-likeness (QED) is 0.774. The fourth-order valence-electron chi connectivity index (χ4n) is 1.45. The Morgan fingerprint density at radius 3 is 2.58 bits per heavy atom. The van der Waals surface area contributed by atoms with E-state index in [-0.39, 0.29) is 34.1 Å². The number of rotatable bonds is 6. The molecule has 1 heterocycles. The van der Waals surface area contributed by atoms with Crippen LogP contribution >= 0.6 is 34.5 Å². The summed E-state index contributed by atoms with van der Waals surface area (Å²) in [4.78, 5) is 11.3. The van der Waals surface area contributed by atoms with Crippen molar-refractivity contribution in [3.8, 4) is 0 Å². The van der Waals surface area contributed by atoms with Crippen LogP contribution in [0.4, 0.5) is 0 Å². The highest BCUT2D eigenvalue weighted by Gasteiger charge is 2.29. The van der Waals surface area contributed by atoms with Gasteiger partial charge in [-0.05, 0) is 18.9 Å². The van der Waals surface area contributed by atoms with E-state index in [4.69, 9.17) is 23.2 Å². The van der Waals surface area contributed by atoms with E-state index in [2.05, 4.69) is 10.0 Å². The summed E-state index contributed by atoms with van der Waals surface area (Å²) in [5.74, 6) is 0.0949. The number of thiophene rings is 1. The van der Waals surface area contributed by atoms with Gasteiger partial charge in [0.15, 0.2) is 0 Å². The molecule has 0 atom stereocenters. The highest BCUT2D eigenvalue weighted by atomic mass is 35.5. The lowest BCUT2D eigenvalue weighted by Crippen LogP contribution is -2.35. The molecule has 1 fully saturated rings. The number of hydrogen-bond donors (Lipinski definition) is 2. The van der Waals surface area contributed by atoms with E-state index < -0.39 is 10.0 Å². The Morgan fingerprint density at radius 1 is 1.37 bits per heavy atom. The van der Waals surface area contributed by atoms with Crippen molar-refractivity contribution in [1.29, 1.82) is 0 Å². The lowest BCUT2D eigenvalue weighted by molar-refractivity contribution is -0.122. The Bertz CT molecular complexity index is 582. The first-order valence-corrected chi connectivity index (χ1v) is 8.68. The van der Waals surface area contributed by atoms with Gasteiger partial charge in [0.1, 0.15) is 9.23 Å². The molecular formula is C10H12Cl2N2O3S2. The smallest absolute Gasteiger partial charge is 0.243 e. The van der Waals surface area contributed by atoms with Gasteiger partial charge in [0.2, 0.25) is 15.9 Å². The molecule has 2 N–H and O–H groups in total. The van der Waals surface area contributed by atoms with Gasteiger partial charge in [-0.3, -0.25) is 4.79 Å². The van der Waals surface area contributed by atoms with Crippen LogP contribution in [0, 0.1) is 5.92 Å². The molecule has 1 aliphatic carbocycles. The Hall–Kier alpha value is -0.340. The summed E-state index contributed by atoms with van der Waals surface area (Å²) >= 11 is 12.5. The van der Waals surface area contributed by atoms with Gasteiger partial charge in [-0.2, -0.15) is 0 Å². The molecule has 1 aliphatic rings. The van der Waals surface area contributed by atoms with Crippen molar-refractivity contribution >= 4 is 50.5 Å². The van der Waals surface area contributed by atoms with Crippen molar-refractivity contribution in [3.05, 3.63) is 14.7 Å². The topological polar surface area (TPSA) is 75.3 Å². The SMILES string of the molecule is O=C(NCCNS(=O)(=O)c1cc(Cl)sc1Cl)C1CC1. The number of amides is 1. The molecular weight excluding hydrogens is 331 g/mol. The van der Waals surface area contributed by atoms with Crippen molar-refractivity contribution in [1.82, 2.24) is 10.0 Å². The number of nitrogens with one attached hydrogen (secondary N) is 2. The molecule has 19 heavy (non-hydrogen) atoms. The van der Waals surface area contributed by atoms with Gasteiger partial charge >= 0.3 is 0 Å². The fraction of sp³-hybridized carbons (Fsp3) is 0.500. The summed E-state index contributed by atoms with van der Waals surface area (Å²) in [6, 6.07) is 1.31. The summed E-state index contributed by atoms with van der Waals surface area (Å²) < 4.78 is 26.6. The van der Waals surface area contributed by atoms with Gasteiger partial charge in [0.05, 0.1) is 4.34 Å². The van der Waals surface area contributed by atoms with Crippen LogP contribution in [0.1, 0.15) is 12.8 Å². The predicted molar refractivity (Wildman–Crippen MR) is 75.3 cm³/mol. The Kier molecular flexibility index (Phi) is 4.73. The third-order valence-corrected chi connectivity index (χ3v) is 5.79. The number of carbonyl (C=O) groups is 1. The van der Waals surface area contributed by atoms with E-state index in [1.807, 2.05) is 0 Å². The molecule has 0 aromatic carbocycles. The van der Waals surface area contributed by atoms with Crippen molar-refractivity contribution in [2.45, 2.75) is 17.7 Å². The minimum atomic E-state index is -3.68. The summed E-state index contributed by atoms with van der Waals surface area (Å²) in [5.41, 5.74) is 0. The maximum atomic E-state index is 11.9. The van der Waals surface area contributed by atoms with Gasteiger partial charge in [-0.1, -0.05) is 23.2 Å². The molecule has 0 radical (unpaired) electrons. The van der Waals surface area contributed by atoms with Crippen molar-refractivity contribution in [2.24, 2.45) is 5.92 Å². The second-order valence-electron chi connectivity index (χ2n) is 4.15. The van der Waals surface area contributed by atoms with Crippen LogP contribution in [0.25, 0.3) is 0 Å². The van der Waals surface area contributed by atoms with Crippen LogP contribution in [-0.4, -0.2) is 27.4 Å². The molecule has 0 unspecified atom stereocenters. The predicted octanol–water partition coefficient (Wildman–Crippen LogP) is 1.86. The molecule has 0 bridgehead atoms. The van der Waals surface area contributed by atoms with Gasteiger partial charge in [0.25, 0.3) is 0 Å². The maximum Gasteiger partial charge on any atom is 0.243 e. The molecule has 9 heteroatoms. The van der Waals surface area contributed by atoms with Crippen LogP contribution in [0.5, 0.6) is 0 Å². The van der Waals surface area contributed by atoms with E-state index in [1.165, 1.54) is 6.07 Å². The standard InChI is InChI=1S/C10H12Cl2N2O3S2/c11-8-5-7(9(12)18-8)19(16,17)14-4-3-13-10(15)6-1-2-6/h5-6,14H,1-4H2,(H,13,15). The highest BCUT2D eigenvalue weighted by molar-refractivity contribution is 7.89. The molecule has 1 amide bonds. The molecule has 2 rings (SSSR count). The van der Waals surface area contributed by atoms with Gasteiger partial charge in [-0.25, -0.2) is 13.1 Å². The fourth-order valence-corrected chi connectivity index (χ4v) is 4.63. The van der Waals surface area contributed by atoms with E-state index in [0.717, 1.165) is 24.2 Å². The van der Waals surface area contributed by atoms with Crippen molar-refractivity contribution in [2.75, 3.05) is 13.1 Å². The summed E-state index contributed by atoms with van der Waals surface area (Å²) in [6.07, 6.45) is 1.83. The summed E-state index contributed by atoms with van der Waals surface area (Å²) in [7, 11) is -3.68. The lowest BCUT2D eigenvalue weighted by Gasteiger charge is -2.06. The average molecular weight is 343 g/mol. The molecule has 0 aliphatic heterocycles. The first kappa shape index (κ1) is 15.1. The van der Waals surface area contributed by atoms with Crippen LogP contribution in [-0.2, 0) is 14.8 Å². The normalized spacial score (nSPS) is 15.5. The Balaban J connectivity index is 1.84. The van der Waals surface area contributed by atoms with Crippen LogP contribution in [0.2, 0.25) is 8.67 Å². The molecule has 1 aromatic heterocycles. The van der Waals surface area contributed by atoms with Gasteiger partial charge in [0, 0.05) is 19.0 Å². The second kappa shape index (κ2) is 5.97. The van der Waals surface area contributed by atoms with E-state index >= 15 is 0 Å². The molecule has 5 nitrogen and oxygen atoms in total. The monoisotopic (exact) mass is 342 g/mol. The zero-order chi connectivity index (χ0) is 14.0. The maximum absolute atomic E-state index is 11.9. The van der Waals surface area contributed by atoms with Crippen LogP contribution in [0.15, 0.2) is 11.0 Å². The number of sulfonamides is 1. The van der Waals surface area contributed by atoms with Gasteiger partial charge < -0.3 is 5.32 Å². The minimum Gasteiger partial charge on any atom is -0.355 e. The average Bonchev–Trinajstić information content (AvgIpc) is 3.10. The van der Waals surface area contributed by atoms with Crippen LogP contribution in [0.3, 0.4) is 0 Å². The third-order valence-electron chi connectivity index (χ3n) is 2.58.